The number of nitrogens with zero attached hydrogens (tertiary/aromatic N) is 2. The third kappa shape index (κ3) is 3.03. The first-order valence-electron chi connectivity index (χ1n) is 6.03. The van der Waals surface area contributed by atoms with Gasteiger partial charge >= 0.3 is 0 Å². The fourth-order valence-corrected chi connectivity index (χ4v) is 2.78. The van der Waals surface area contributed by atoms with Crippen molar-refractivity contribution in [2.45, 2.75) is 25.9 Å². The Morgan fingerprint density at radius 2 is 2.00 bits per heavy atom. The molecule has 2 unspecified atom stereocenters. The minimum Gasteiger partial charge on any atom is -0.363 e. The van der Waals surface area contributed by atoms with Crippen LogP contribution in [0.1, 0.15) is 13.8 Å². The van der Waals surface area contributed by atoms with Gasteiger partial charge in [-0.05, 0) is 29.8 Å². The maximum absolute atomic E-state index is 13.7. The van der Waals surface area contributed by atoms with Gasteiger partial charge in [0.15, 0.2) is 0 Å². The third-order valence-electron chi connectivity index (χ3n) is 3.11. The third-order valence-corrected chi connectivity index (χ3v) is 3.72. The van der Waals surface area contributed by atoms with Crippen LogP contribution in [0.4, 0.5) is 15.8 Å². The molecule has 104 valence electrons. The molecular weight excluding hydrogens is 317 g/mol. The van der Waals surface area contributed by atoms with Crippen LogP contribution in [0.15, 0.2) is 16.6 Å². The van der Waals surface area contributed by atoms with Crippen molar-refractivity contribution < 1.29 is 9.31 Å². The van der Waals surface area contributed by atoms with E-state index in [-0.39, 0.29) is 22.2 Å². The molecular formula is C12H15BrFN3O2. The zero-order valence-electron chi connectivity index (χ0n) is 10.7. The molecule has 7 heteroatoms. The van der Waals surface area contributed by atoms with Crippen molar-refractivity contribution in [2.75, 3.05) is 18.0 Å². The van der Waals surface area contributed by atoms with Crippen LogP contribution in [0, 0.1) is 15.9 Å². The van der Waals surface area contributed by atoms with E-state index in [1.807, 2.05) is 18.7 Å². The Morgan fingerprint density at radius 3 is 2.53 bits per heavy atom. The number of nitrogens with one attached hydrogen (secondary N) is 1. The van der Waals surface area contributed by atoms with Gasteiger partial charge in [-0.1, -0.05) is 0 Å². The van der Waals surface area contributed by atoms with Gasteiger partial charge in [-0.15, -0.1) is 0 Å². The average Bonchev–Trinajstić information content (AvgIpc) is 2.30. The van der Waals surface area contributed by atoms with Crippen molar-refractivity contribution >= 4 is 27.3 Å². The summed E-state index contributed by atoms with van der Waals surface area (Å²) >= 11 is 2.99. The molecule has 0 radical (unpaired) electrons. The van der Waals surface area contributed by atoms with Gasteiger partial charge in [-0.3, -0.25) is 10.1 Å². The molecule has 1 aliphatic heterocycles. The second kappa shape index (κ2) is 5.42. The van der Waals surface area contributed by atoms with Crippen LogP contribution >= 0.6 is 15.9 Å². The predicted molar refractivity (Wildman–Crippen MR) is 75.0 cm³/mol. The van der Waals surface area contributed by atoms with E-state index in [1.54, 1.807) is 0 Å². The lowest BCUT2D eigenvalue weighted by atomic mass is 10.1. The highest BCUT2D eigenvalue weighted by atomic mass is 79.9. The van der Waals surface area contributed by atoms with E-state index in [4.69, 9.17) is 0 Å². The lowest BCUT2D eigenvalue weighted by molar-refractivity contribution is -0.384. The Balaban J connectivity index is 2.42. The topological polar surface area (TPSA) is 58.4 Å². The number of nitro benzene ring substituents is 1. The Hall–Kier alpha value is -1.21. The van der Waals surface area contributed by atoms with Crippen molar-refractivity contribution in [1.82, 2.24) is 5.32 Å². The van der Waals surface area contributed by atoms with Gasteiger partial charge in [0.25, 0.3) is 5.69 Å². The molecule has 5 nitrogen and oxygen atoms in total. The SMILES string of the molecule is CC1CN(c2cc(F)c(Br)cc2[N+](=O)[O-])CC(C)N1. The molecule has 2 atom stereocenters. The quantitative estimate of drug-likeness (QED) is 0.668. The molecule has 1 saturated heterocycles. The van der Waals surface area contributed by atoms with Crippen molar-refractivity contribution in [3.63, 3.8) is 0 Å². The number of hydrogen-bond donors (Lipinski definition) is 1. The fourth-order valence-electron chi connectivity index (χ4n) is 2.45. The van der Waals surface area contributed by atoms with E-state index < -0.39 is 10.7 Å². The first-order chi connectivity index (χ1) is 8.88. The summed E-state index contributed by atoms with van der Waals surface area (Å²) < 4.78 is 13.8. The van der Waals surface area contributed by atoms with Gasteiger partial charge in [0, 0.05) is 37.3 Å². The Labute approximate surface area is 119 Å². The summed E-state index contributed by atoms with van der Waals surface area (Å²) in [4.78, 5) is 12.5. The van der Waals surface area contributed by atoms with E-state index in [0.717, 1.165) is 0 Å². The molecule has 0 bridgehead atoms. The van der Waals surface area contributed by atoms with Crippen LogP contribution < -0.4 is 10.2 Å². The van der Waals surface area contributed by atoms with E-state index >= 15 is 0 Å². The molecule has 0 saturated carbocycles. The highest BCUT2D eigenvalue weighted by Crippen LogP contribution is 2.34. The number of piperazine rings is 1. The number of hydrogen-bond acceptors (Lipinski definition) is 4. The monoisotopic (exact) mass is 331 g/mol. The number of anilines is 1. The minimum atomic E-state index is -0.487. The van der Waals surface area contributed by atoms with Gasteiger partial charge < -0.3 is 10.2 Å². The van der Waals surface area contributed by atoms with Gasteiger partial charge in [-0.2, -0.15) is 0 Å². The molecule has 0 amide bonds. The summed E-state index contributed by atoms with van der Waals surface area (Å²) in [6, 6.07) is 2.86. The summed E-state index contributed by atoms with van der Waals surface area (Å²) in [7, 11) is 0. The molecule has 0 aliphatic carbocycles. The molecule has 0 aromatic heterocycles. The van der Waals surface area contributed by atoms with Crippen molar-refractivity contribution in [3.05, 3.63) is 32.5 Å². The highest BCUT2D eigenvalue weighted by molar-refractivity contribution is 9.10. The van der Waals surface area contributed by atoms with Crippen LogP contribution in [0.25, 0.3) is 0 Å². The molecule has 19 heavy (non-hydrogen) atoms. The van der Waals surface area contributed by atoms with E-state index in [1.165, 1.54) is 12.1 Å². The van der Waals surface area contributed by atoms with Crippen LogP contribution in [0.2, 0.25) is 0 Å². The smallest absolute Gasteiger partial charge is 0.293 e. The fraction of sp³-hybridized carbons (Fsp3) is 0.500. The lowest BCUT2D eigenvalue weighted by Gasteiger charge is -2.37. The Morgan fingerprint density at radius 1 is 1.42 bits per heavy atom. The second-order valence-corrected chi connectivity index (χ2v) is 5.74. The molecule has 1 aliphatic rings. The first kappa shape index (κ1) is 14.2. The highest BCUT2D eigenvalue weighted by Gasteiger charge is 2.27. The normalized spacial score (nSPS) is 23.5. The van der Waals surface area contributed by atoms with Crippen LogP contribution in [0.3, 0.4) is 0 Å². The molecule has 2 rings (SSSR count). The molecule has 1 heterocycles. The largest absolute Gasteiger partial charge is 0.363 e. The average molecular weight is 332 g/mol. The molecule has 0 spiro atoms. The summed E-state index contributed by atoms with van der Waals surface area (Å²) in [5, 5.41) is 14.5. The van der Waals surface area contributed by atoms with E-state index in [0.29, 0.717) is 18.8 Å². The summed E-state index contributed by atoms with van der Waals surface area (Å²) in [5.74, 6) is -0.487. The maximum atomic E-state index is 13.7. The number of nitro groups is 1. The standard InChI is InChI=1S/C12H15BrFN3O2/c1-7-5-16(6-8(2)15-7)11-4-10(14)9(13)3-12(11)17(18)19/h3-4,7-8,15H,5-6H2,1-2H3. The Bertz CT molecular complexity index is 502. The Kier molecular flexibility index (Phi) is 4.05. The minimum absolute atomic E-state index is 0.0745. The van der Waals surface area contributed by atoms with Crippen molar-refractivity contribution in [3.8, 4) is 0 Å². The molecule has 1 N–H and O–H groups in total. The zero-order valence-corrected chi connectivity index (χ0v) is 12.3. The first-order valence-corrected chi connectivity index (χ1v) is 6.82. The summed E-state index contributed by atoms with van der Waals surface area (Å²) in [6.45, 7) is 5.24. The van der Waals surface area contributed by atoms with Crippen molar-refractivity contribution in [2.24, 2.45) is 0 Å². The predicted octanol–water partition coefficient (Wildman–Crippen LogP) is 2.68. The number of rotatable bonds is 2. The number of halogens is 2. The lowest BCUT2D eigenvalue weighted by Crippen LogP contribution is -2.54. The molecule has 1 fully saturated rings. The summed E-state index contributed by atoms with van der Waals surface area (Å²) in [5.41, 5.74) is 0.264. The van der Waals surface area contributed by atoms with Gasteiger partial charge in [0.2, 0.25) is 0 Å². The summed E-state index contributed by atoms with van der Waals surface area (Å²) in [6.07, 6.45) is 0. The van der Waals surface area contributed by atoms with Gasteiger partial charge in [-0.25, -0.2) is 4.39 Å². The zero-order chi connectivity index (χ0) is 14.2. The second-order valence-electron chi connectivity index (χ2n) is 4.89. The van der Waals surface area contributed by atoms with Crippen LogP contribution in [-0.2, 0) is 0 Å². The maximum Gasteiger partial charge on any atom is 0.293 e. The molecule has 1 aromatic rings. The van der Waals surface area contributed by atoms with Crippen molar-refractivity contribution in [1.29, 1.82) is 0 Å². The van der Waals surface area contributed by atoms with Crippen LogP contribution in [0.5, 0.6) is 0 Å². The van der Waals surface area contributed by atoms with Gasteiger partial charge in [0.1, 0.15) is 11.5 Å². The van der Waals surface area contributed by atoms with Gasteiger partial charge in [0.05, 0.1) is 9.40 Å². The van der Waals surface area contributed by atoms with Crippen LogP contribution in [-0.4, -0.2) is 30.1 Å². The van der Waals surface area contributed by atoms with E-state index in [9.17, 15) is 14.5 Å². The molecule has 1 aromatic carbocycles. The number of benzene rings is 1. The van der Waals surface area contributed by atoms with E-state index in [2.05, 4.69) is 21.2 Å².